The number of pyridine rings is 1. The lowest BCUT2D eigenvalue weighted by Crippen LogP contribution is -2.28. The third-order valence-corrected chi connectivity index (χ3v) is 2.60. The number of primary amides is 1. The van der Waals surface area contributed by atoms with Crippen LogP contribution in [-0.2, 0) is 17.8 Å². The van der Waals surface area contributed by atoms with E-state index in [9.17, 15) is 9.59 Å². The number of nitrogens with two attached hydrogens (primary N) is 1. The lowest BCUT2D eigenvalue weighted by Gasteiger charge is -2.13. The van der Waals surface area contributed by atoms with E-state index in [-0.39, 0.29) is 12.1 Å². The number of aryl methyl sites for hydroxylation is 1. The van der Waals surface area contributed by atoms with Gasteiger partial charge < -0.3 is 15.2 Å². The SMILES string of the molecule is Cc1cc(=O)n(CC(N)=O)cc1CCN(C)C. The molecule has 1 amide bonds. The zero-order chi connectivity index (χ0) is 13.0. The van der Waals surface area contributed by atoms with Crippen LogP contribution in [0, 0.1) is 6.92 Å². The van der Waals surface area contributed by atoms with Gasteiger partial charge in [-0.2, -0.15) is 0 Å². The van der Waals surface area contributed by atoms with Crippen molar-refractivity contribution in [2.75, 3.05) is 20.6 Å². The van der Waals surface area contributed by atoms with Crippen molar-refractivity contribution in [1.82, 2.24) is 9.47 Å². The summed E-state index contributed by atoms with van der Waals surface area (Å²) < 4.78 is 1.36. The molecule has 1 aromatic rings. The highest BCUT2D eigenvalue weighted by Gasteiger charge is 2.06. The van der Waals surface area contributed by atoms with E-state index in [4.69, 9.17) is 5.73 Å². The quantitative estimate of drug-likeness (QED) is 0.767. The van der Waals surface area contributed by atoms with E-state index >= 15 is 0 Å². The molecule has 0 aliphatic heterocycles. The summed E-state index contributed by atoms with van der Waals surface area (Å²) >= 11 is 0. The number of hydrogen-bond donors (Lipinski definition) is 1. The van der Waals surface area contributed by atoms with Crippen LogP contribution in [0.4, 0.5) is 0 Å². The van der Waals surface area contributed by atoms with E-state index in [2.05, 4.69) is 4.90 Å². The standard InChI is InChI=1S/C12H19N3O2/c1-9-6-12(17)15(8-11(13)16)7-10(9)4-5-14(2)3/h6-7H,4-5,8H2,1-3H3,(H2,13,16). The second-order valence-electron chi connectivity index (χ2n) is 4.47. The summed E-state index contributed by atoms with van der Waals surface area (Å²) in [5, 5.41) is 0. The molecular formula is C12H19N3O2. The topological polar surface area (TPSA) is 68.3 Å². The molecule has 0 bridgehead atoms. The van der Waals surface area contributed by atoms with Gasteiger partial charge in [-0.15, -0.1) is 0 Å². The highest BCUT2D eigenvalue weighted by molar-refractivity contribution is 5.73. The Morgan fingerprint density at radius 2 is 2.12 bits per heavy atom. The van der Waals surface area contributed by atoms with Gasteiger partial charge in [-0.05, 0) is 38.6 Å². The Hall–Kier alpha value is -1.62. The molecule has 0 aliphatic carbocycles. The van der Waals surface area contributed by atoms with Crippen molar-refractivity contribution >= 4 is 5.91 Å². The van der Waals surface area contributed by atoms with E-state index in [1.54, 1.807) is 12.3 Å². The van der Waals surface area contributed by atoms with Gasteiger partial charge in [0.1, 0.15) is 6.54 Å². The number of aromatic nitrogens is 1. The summed E-state index contributed by atoms with van der Waals surface area (Å²) in [7, 11) is 3.99. The minimum atomic E-state index is -0.505. The highest BCUT2D eigenvalue weighted by atomic mass is 16.2. The molecule has 1 heterocycles. The normalized spacial score (nSPS) is 10.8. The van der Waals surface area contributed by atoms with Crippen LogP contribution >= 0.6 is 0 Å². The maximum absolute atomic E-state index is 11.6. The van der Waals surface area contributed by atoms with Crippen LogP contribution in [0.3, 0.4) is 0 Å². The molecule has 1 rings (SSSR count). The molecule has 0 saturated heterocycles. The minimum Gasteiger partial charge on any atom is -0.368 e. The minimum absolute atomic E-state index is 0.0614. The van der Waals surface area contributed by atoms with Gasteiger partial charge in [0, 0.05) is 18.8 Å². The number of rotatable bonds is 5. The number of nitrogens with zero attached hydrogens (tertiary/aromatic N) is 2. The Bertz CT molecular complexity index is 463. The van der Waals surface area contributed by atoms with E-state index < -0.39 is 5.91 Å². The zero-order valence-electron chi connectivity index (χ0n) is 10.6. The van der Waals surface area contributed by atoms with Crippen LogP contribution in [0.5, 0.6) is 0 Å². The number of hydrogen-bond acceptors (Lipinski definition) is 3. The molecule has 0 saturated carbocycles. The van der Waals surface area contributed by atoms with E-state index in [1.807, 2.05) is 21.0 Å². The van der Waals surface area contributed by atoms with Crippen LogP contribution < -0.4 is 11.3 Å². The number of likely N-dealkylation sites (N-methyl/N-ethyl adjacent to an activating group) is 1. The highest BCUT2D eigenvalue weighted by Crippen LogP contribution is 2.05. The average molecular weight is 237 g/mol. The lowest BCUT2D eigenvalue weighted by molar-refractivity contribution is -0.118. The third kappa shape index (κ3) is 4.03. The van der Waals surface area contributed by atoms with Gasteiger partial charge in [0.2, 0.25) is 5.91 Å². The summed E-state index contributed by atoms with van der Waals surface area (Å²) in [5.74, 6) is -0.505. The van der Waals surface area contributed by atoms with Crippen LogP contribution in [0.2, 0.25) is 0 Å². The smallest absolute Gasteiger partial charge is 0.251 e. The van der Waals surface area contributed by atoms with Crippen molar-refractivity contribution in [3.8, 4) is 0 Å². The first-order valence-corrected chi connectivity index (χ1v) is 5.53. The predicted molar refractivity (Wildman–Crippen MR) is 66.9 cm³/mol. The Labute approximate surface area is 101 Å². The van der Waals surface area contributed by atoms with Crippen molar-refractivity contribution in [2.24, 2.45) is 5.73 Å². The van der Waals surface area contributed by atoms with Crippen LogP contribution in [0.25, 0.3) is 0 Å². The van der Waals surface area contributed by atoms with Gasteiger partial charge in [0.15, 0.2) is 0 Å². The Balaban J connectivity index is 2.97. The summed E-state index contributed by atoms with van der Waals surface area (Å²) in [4.78, 5) is 24.5. The molecule has 0 aliphatic rings. The van der Waals surface area contributed by atoms with Crippen LogP contribution in [0.15, 0.2) is 17.1 Å². The van der Waals surface area contributed by atoms with Crippen molar-refractivity contribution in [1.29, 1.82) is 0 Å². The predicted octanol–water partition coefficient (Wildman–Crippen LogP) is -0.254. The fourth-order valence-corrected chi connectivity index (χ4v) is 1.61. The molecule has 0 spiro atoms. The summed E-state index contributed by atoms with van der Waals surface area (Å²) in [5.41, 5.74) is 6.94. The van der Waals surface area contributed by atoms with Crippen molar-refractivity contribution in [3.05, 3.63) is 33.7 Å². The Morgan fingerprint density at radius 3 is 2.65 bits per heavy atom. The maximum atomic E-state index is 11.6. The Kier molecular flexibility index (Phi) is 4.45. The number of carbonyl (C=O) groups is 1. The first-order valence-electron chi connectivity index (χ1n) is 5.53. The van der Waals surface area contributed by atoms with E-state index in [1.165, 1.54) is 4.57 Å². The molecule has 5 heteroatoms. The average Bonchev–Trinajstić information content (AvgIpc) is 2.19. The second-order valence-corrected chi connectivity index (χ2v) is 4.47. The molecule has 0 aromatic carbocycles. The first kappa shape index (κ1) is 13.4. The molecule has 1 aromatic heterocycles. The summed E-state index contributed by atoms with van der Waals surface area (Å²) in [6, 6.07) is 1.55. The van der Waals surface area contributed by atoms with Crippen molar-refractivity contribution < 1.29 is 4.79 Å². The molecule has 5 nitrogen and oxygen atoms in total. The van der Waals surface area contributed by atoms with Gasteiger partial charge >= 0.3 is 0 Å². The summed E-state index contributed by atoms with van der Waals surface area (Å²) in [6.07, 6.45) is 2.57. The van der Waals surface area contributed by atoms with Crippen molar-refractivity contribution in [3.63, 3.8) is 0 Å². The van der Waals surface area contributed by atoms with Crippen molar-refractivity contribution in [2.45, 2.75) is 19.9 Å². The molecule has 0 radical (unpaired) electrons. The van der Waals surface area contributed by atoms with E-state index in [0.29, 0.717) is 0 Å². The molecular weight excluding hydrogens is 218 g/mol. The lowest BCUT2D eigenvalue weighted by atomic mass is 10.1. The fourth-order valence-electron chi connectivity index (χ4n) is 1.61. The molecule has 0 atom stereocenters. The molecule has 94 valence electrons. The largest absolute Gasteiger partial charge is 0.368 e. The molecule has 2 N–H and O–H groups in total. The monoisotopic (exact) mass is 237 g/mol. The molecule has 0 fully saturated rings. The maximum Gasteiger partial charge on any atom is 0.251 e. The molecule has 17 heavy (non-hydrogen) atoms. The first-order chi connectivity index (χ1) is 7.90. The fraction of sp³-hybridized carbons (Fsp3) is 0.500. The number of carbonyl (C=O) groups excluding carboxylic acids is 1. The molecule has 0 unspecified atom stereocenters. The van der Waals surface area contributed by atoms with Crippen LogP contribution in [0.1, 0.15) is 11.1 Å². The summed E-state index contributed by atoms with van der Waals surface area (Å²) in [6.45, 7) is 2.74. The van der Waals surface area contributed by atoms with E-state index in [0.717, 1.165) is 24.1 Å². The zero-order valence-corrected chi connectivity index (χ0v) is 10.6. The van der Waals surface area contributed by atoms with Gasteiger partial charge in [-0.25, -0.2) is 0 Å². The number of amides is 1. The third-order valence-electron chi connectivity index (χ3n) is 2.60. The van der Waals surface area contributed by atoms with Gasteiger partial charge in [-0.1, -0.05) is 0 Å². The van der Waals surface area contributed by atoms with Gasteiger partial charge in [-0.3, -0.25) is 9.59 Å². The Morgan fingerprint density at radius 1 is 1.47 bits per heavy atom. The second kappa shape index (κ2) is 5.63. The van der Waals surface area contributed by atoms with Gasteiger partial charge in [0.05, 0.1) is 0 Å². The van der Waals surface area contributed by atoms with Gasteiger partial charge in [0.25, 0.3) is 5.56 Å². The van der Waals surface area contributed by atoms with Crippen LogP contribution in [-0.4, -0.2) is 36.0 Å².